The Kier molecular flexibility index (Phi) is 2.88. The molecule has 2 atom stereocenters. The first kappa shape index (κ1) is 11.8. The lowest BCUT2D eigenvalue weighted by Crippen LogP contribution is -2.33. The molecule has 1 N–H and O–H groups in total. The van der Waals surface area contributed by atoms with Crippen LogP contribution >= 0.6 is 0 Å². The van der Waals surface area contributed by atoms with E-state index in [1.165, 1.54) is 31.4 Å². The SMILES string of the molecule is CNc1ncnc(N2CC3CCC2C3)c1C(C)C. The quantitative estimate of drug-likeness (QED) is 0.890. The van der Waals surface area contributed by atoms with Crippen molar-refractivity contribution in [1.82, 2.24) is 9.97 Å². The lowest BCUT2D eigenvalue weighted by molar-refractivity contribution is 0.548. The van der Waals surface area contributed by atoms with Gasteiger partial charge in [-0.05, 0) is 31.1 Å². The van der Waals surface area contributed by atoms with Gasteiger partial charge in [0.15, 0.2) is 0 Å². The summed E-state index contributed by atoms with van der Waals surface area (Å²) in [6, 6.07) is 0.715. The summed E-state index contributed by atoms with van der Waals surface area (Å²) in [5.74, 6) is 3.49. The third kappa shape index (κ3) is 1.74. The maximum absolute atomic E-state index is 4.58. The molecule has 1 aromatic rings. The topological polar surface area (TPSA) is 41.1 Å². The van der Waals surface area contributed by atoms with Gasteiger partial charge in [-0.3, -0.25) is 0 Å². The number of hydrogen-bond acceptors (Lipinski definition) is 4. The molecule has 18 heavy (non-hydrogen) atoms. The highest BCUT2D eigenvalue weighted by Gasteiger charge is 2.39. The second-order valence-corrected chi connectivity index (χ2v) is 5.85. The summed E-state index contributed by atoms with van der Waals surface area (Å²) in [6.45, 7) is 5.62. The van der Waals surface area contributed by atoms with Gasteiger partial charge >= 0.3 is 0 Å². The minimum absolute atomic E-state index is 0.447. The summed E-state index contributed by atoms with van der Waals surface area (Å²) < 4.78 is 0. The van der Waals surface area contributed by atoms with Gasteiger partial charge in [-0.1, -0.05) is 13.8 Å². The van der Waals surface area contributed by atoms with Crippen LogP contribution in [-0.2, 0) is 0 Å². The van der Waals surface area contributed by atoms with E-state index >= 15 is 0 Å². The largest absolute Gasteiger partial charge is 0.373 e. The summed E-state index contributed by atoms with van der Waals surface area (Å²) >= 11 is 0. The molecule has 1 aromatic heterocycles. The molecule has 98 valence electrons. The van der Waals surface area contributed by atoms with Crippen LogP contribution in [-0.4, -0.2) is 29.6 Å². The zero-order valence-corrected chi connectivity index (χ0v) is 11.5. The fourth-order valence-corrected chi connectivity index (χ4v) is 3.53. The summed E-state index contributed by atoms with van der Waals surface area (Å²) in [6.07, 6.45) is 5.79. The van der Waals surface area contributed by atoms with Crippen molar-refractivity contribution in [3.8, 4) is 0 Å². The molecule has 0 amide bonds. The predicted molar refractivity (Wildman–Crippen MR) is 74.1 cm³/mol. The molecule has 1 saturated heterocycles. The Morgan fingerprint density at radius 1 is 1.33 bits per heavy atom. The molecule has 2 aliphatic rings. The van der Waals surface area contributed by atoms with Crippen LogP contribution in [0.4, 0.5) is 11.6 Å². The minimum Gasteiger partial charge on any atom is -0.373 e. The number of anilines is 2. The van der Waals surface area contributed by atoms with Gasteiger partial charge in [0.1, 0.15) is 18.0 Å². The lowest BCUT2D eigenvalue weighted by atomic mass is 10.0. The number of piperidine rings is 1. The molecule has 4 nitrogen and oxygen atoms in total. The summed E-state index contributed by atoms with van der Waals surface area (Å²) in [4.78, 5) is 11.5. The molecule has 4 heteroatoms. The normalized spacial score (nSPS) is 26.1. The first-order valence-electron chi connectivity index (χ1n) is 7.00. The molecule has 1 aliphatic heterocycles. The van der Waals surface area contributed by atoms with Gasteiger partial charge in [0.05, 0.1) is 0 Å². The number of hydrogen-bond donors (Lipinski definition) is 1. The van der Waals surface area contributed by atoms with Crippen molar-refractivity contribution in [1.29, 1.82) is 0 Å². The zero-order chi connectivity index (χ0) is 12.7. The first-order chi connectivity index (χ1) is 8.70. The van der Waals surface area contributed by atoms with Crippen molar-refractivity contribution in [2.45, 2.75) is 45.1 Å². The first-order valence-corrected chi connectivity index (χ1v) is 7.00. The van der Waals surface area contributed by atoms with Gasteiger partial charge in [-0.25, -0.2) is 9.97 Å². The van der Waals surface area contributed by atoms with Gasteiger partial charge in [-0.15, -0.1) is 0 Å². The van der Waals surface area contributed by atoms with Crippen molar-refractivity contribution in [3.63, 3.8) is 0 Å². The van der Waals surface area contributed by atoms with Gasteiger partial charge in [0.25, 0.3) is 0 Å². The smallest absolute Gasteiger partial charge is 0.137 e. The fraction of sp³-hybridized carbons (Fsp3) is 0.714. The summed E-state index contributed by atoms with van der Waals surface area (Å²) in [5, 5.41) is 3.21. The number of nitrogens with zero attached hydrogens (tertiary/aromatic N) is 3. The maximum Gasteiger partial charge on any atom is 0.137 e. The number of aromatic nitrogens is 2. The van der Waals surface area contributed by atoms with E-state index < -0.39 is 0 Å². The Hall–Kier alpha value is -1.32. The van der Waals surface area contributed by atoms with E-state index in [0.717, 1.165) is 17.6 Å². The van der Waals surface area contributed by atoms with Crippen LogP contribution in [0.2, 0.25) is 0 Å². The standard InChI is InChI=1S/C14H22N4/c1-9(2)12-13(15-3)16-8-17-14(12)18-7-10-4-5-11(18)6-10/h8-11H,4-7H2,1-3H3,(H,15,16,17). The van der Waals surface area contributed by atoms with Crippen LogP contribution in [0, 0.1) is 5.92 Å². The molecule has 0 aromatic carbocycles. The molecule has 1 aliphatic carbocycles. The monoisotopic (exact) mass is 246 g/mol. The summed E-state index contributed by atoms with van der Waals surface area (Å²) in [7, 11) is 1.94. The molecule has 0 spiro atoms. The molecular weight excluding hydrogens is 224 g/mol. The third-order valence-corrected chi connectivity index (χ3v) is 4.36. The number of rotatable bonds is 3. The van der Waals surface area contributed by atoms with Crippen LogP contribution in [0.1, 0.15) is 44.6 Å². The van der Waals surface area contributed by atoms with E-state index in [2.05, 4.69) is 34.0 Å². The zero-order valence-electron chi connectivity index (χ0n) is 11.5. The predicted octanol–water partition coefficient (Wildman–Crippen LogP) is 2.63. The second kappa shape index (κ2) is 4.41. The molecule has 3 rings (SSSR count). The molecular formula is C14H22N4. The van der Waals surface area contributed by atoms with Gasteiger partial charge in [-0.2, -0.15) is 0 Å². The Morgan fingerprint density at radius 2 is 2.17 bits per heavy atom. The Labute approximate surface area is 109 Å². The van der Waals surface area contributed by atoms with Crippen molar-refractivity contribution < 1.29 is 0 Å². The average Bonchev–Trinajstić information content (AvgIpc) is 2.99. The number of nitrogens with one attached hydrogen (secondary N) is 1. The van der Waals surface area contributed by atoms with Crippen molar-refractivity contribution >= 4 is 11.6 Å². The van der Waals surface area contributed by atoms with Gasteiger partial charge in [0.2, 0.25) is 0 Å². The Balaban J connectivity index is 2.01. The van der Waals surface area contributed by atoms with E-state index in [0.29, 0.717) is 12.0 Å². The molecule has 2 bridgehead atoms. The van der Waals surface area contributed by atoms with E-state index in [1.807, 2.05) is 7.05 Å². The van der Waals surface area contributed by atoms with Gasteiger partial charge in [0, 0.05) is 25.2 Å². The van der Waals surface area contributed by atoms with Crippen LogP contribution in [0.5, 0.6) is 0 Å². The average molecular weight is 246 g/mol. The summed E-state index contributed by atoms with van der Waals surface area (Å²) in [5.41, 5.74) is 1.27. The van der Waals surface area contributed by atoms with E-state index in [-0.39, 0.29) is 0 Å². The molecule has 2 fully saturated rings. The van der Waals surface area contributed by atoms with Crippen LogP contribution in [0.3, 0.4) is 0 Å². The van der Waals surface area contributed by atoms with Crippen molar-refractivity contribution in [2.24, 2.45) is 5.92 Å². The highest BCUT2D eigenvalue weighted by atomic mass is 15.3. The molecule has 0 radical (unpaired) electrons. The van der Waals surface area contributed by atoms with Crippen molar-refractivity contribution in [3.05, 3.63) is 11.9 Å². The Morgan fingerprint density at radius 3 is 2.72 bits per heavy atom. The minimum atomic E-state index is 0.447. The Bertz CT molecular complexity index is 443. The molecule has 2 unspecified atom stereocenters. The maximum atomic E-state index is 4.58. The van der Waals surface area contributed by atoms with Crippen LogP contribution < -0.4 is 10.2 Å². The number of fused-ring (bicyclic) bond motifs is 2. The van der Waals surface area contributed by atoms with E-state index in [4.69, 9.17) is 0 Å². The van der Waals surface area contributed by atoms with E-state index in [1.54, 1.807) is 6.33 Å². The molecule has 2 heterocycles. The highest BCUT2D eigenvalue weighted by molar-refractivity contribution is 5.61. The van der Waals surface area contributed by atoms with E-state index in [9.17, 15) is 0 Å². The van der Waals surface area contributed by atoms with Crippen LogP contribution in [0.25, 0.3) is 0 Å². The van der Waals surface area contributed by atoms with Crippen molar-refractivity contribution in [2.75, 3.05) is 23.8 Å². The van der Waals surface area contributed by atoms with Gasteiger partial charge < -0.3 is 10.2 Å². The third-order valence-electron chi connectivity index (χ3n) is 4.36. The molecule has 1 saturated carbocycles. The lowest BCUT2D eigenvalue weighted by Gasteiger charge is -2.31. The highest BCUT2D eigenvalue weighted by Crippen LogP contribution is 2.42. The fourth-order valence-electron chi connectivity index (χ4n) is 3.53. The second-order valence-electron chi connectivity index (χ2n) is 5.85. The van der Waals surface area contributed by atoms with Crippen LogP contribution in [0.15, 0.2) is 6.33 Å².